The molecular weight excluding hydrogens is 200 g/mol. The van der Waals surface area contributed by atoms with Crippen LogP contribution in [0, 0.1) is 5.41 Å². The van der Waals surface area contributed by atoms with Crippen molar-refractivity contribution >= 4 is 15.7 Å². The normalized spacial score (nSPS) is 21.9. The fourth-order valence-corrected chi connectivity index (χ4v) is 3.20. The number of nitrogens with one attached hydrogen (secondary N) is 1. The highest BCUT2D eigenvalue weighted by Crippen LogP contribution is 2.17. The van der Waals surface area contributed by atoms with Gasteiger partial charge in [0, 0.05) is 19.5 Å². The largest absolute Gasteiger partial charge is 0.361 e. The van der Waals surface area contributed by atoms with Gasteiger partial charge in [0.05, 0.1) is 17.3 Å². The van der Waals surface area contributed by atoms with Crippen LogP contribution in [-0.2, 0) is 9.84 Å². The Bertz CT molecular complexity index is 297. The molecule has 1 aliphatic rings. The maximum absolute atomic E-state index is 11.2. The van der Waals surface area contributed by atoms with Crippen LogP contribution in [0.4, 0.5) is 0 Å². The molecule has 0 aromatic rings. The SMILES string of the molecule is CCC(=N)N(C)C1CCS(=O)(=O)CC1. The highest BCUT2D eigenvalue weighted by Gasteiger charge is 2.26. The summed E-state index contributed by atoms with van der Waals surface area (Å²) in [4.78, 5) is 1.91. The van der Waals surface area contributed by atoms with Gasteiger partial charge in [0.15, 0.2) is 0 Å². The van der Waals surface area contributed by atoms with Gasteiger partial charge in [-0.2, -0.15) is 0 Å². The molecule has 1 N–H and O–H groups in total. The summed E-state index contributed by atoms with van der Waals surface area (Å²) in [5.41, 5.74) is 0. The first-order valence-corrected chi connectivity index (χ1v) is 6.79. The molecule has 4 nitrogen and oxygen atoms in total. The Labute approximate surface area is 85.7 Å². The van der Waals surface area contributed by atoms with Crippen molar-refractivity contribution < 1.29 is 8.42 Å². The summed E-state index contributed by atoms with van der Waals surface area (Å²) in [6.07, 6.45) is 2.04. The first kappa shape index (κ1) is 11.5. The summed E-state index contributed by atoms with van der Waals surface area (Å²) in [6, 6.07) is 0.242. The lowest BCUT2D eigenvalue weighted by Crippen LogP contribution is -2.41. The third-order valence-electron chi connectivity index (χ3n) is 2.83. The van der Waals surface area contributed by atoms with Gasteiger partial charge in [-0.1, -0.05) is 6.92 Å². The van der Waals surface area contributed by atoms with Crippen LogP contribution >= 0.6 is 0 Å². The number of nitrogens with zero attached hydrogens (tertiary/aromatic N) is 1. The van der Waals surface area contributed by atoms with Crippen molar-refractivity contribution in [2.45, 2.75) is 32.2 Å². The maximum Gasteiger partial charge on any atom is 0.150 e. The molecule has 0 bridgehead atoms. The zero-order chi connectivity index (χ0) is 10.8. The topological polar surface area (TPSA) is 61.2 Å². The summed E-state index contributed by atoms with van der Waals surface area (Å²) in [5.74, 6) is 1.15. The van der Waals surface area contributed by atoms with Crippen LogP contribution in [0.2, 0.25) is 0 Å². The molecule has 0 saturated carbocycles. The molecule has 1 heterocycles. The predicted molar refractivity (Wildman–Crippen MR) is 57.5 cm³/mol. The summed E-state index contributed by atoms with van der Waals surface area (Å²) >= 11 is 0. The molecule has 0 amide bonds. The lowest BCUT2D eigenvalue weighted by molar-refractivity contribution is 0.331. The second kappa shape index (κ2) is 4.29. The lowest BCUT2D eigenvalue weighted by atomic mass is 10.1. The molecular formula is C9H18N2O2S. The van der Waals surface area contributed by atoms with E-state index in [4.69, 9.17) is 5.41 Å². The second-order valence-electron chi connectivity index (χ2n) is 3.79. The van der Waals surface area contributed by atoms with Crippen LogP contribution in [-0.4, -0.2) is 43.7 Å². The average Bonchev–Trinajstić information content (AvgIpc) is 2.15. The van der Waals surface area contributed by atoms with E-state index >= 15 is 0 Å². The number of rotatable bonds is 2. The molecule has 0 radical (unpaired) electrons. The zero-order valence-electron chi connectivity index (χ0n) is 8.78. The minimum Gasteiger partial charge on any atom is -0.361 e. The van der Waals surface area contributed by atoms with Gasteiger partial charge in [0.1, 0.15) is 9.84 Å². The van der Waals surface area contributed by atoms with Crippen molar-refractivity contribution in [3.63, 3.8) is 0 Å². The van der Waals surface area contributed by atoms with Gasteiger partial charge in [-0.15, -0.1) is 0 Å². The van der Waals surface area contributed by atoms with Crippen molar-refractivity contribution in [3.05, 3.63) is 0 Å². The van der Waals surface area contributed by atoms with E-state index in [1.165, 1.54) is 0 Å². The molecule has 1 saturated heterocycles. The molecule has 1 aliphatic heterocycles. The first-order chi connectivity index (χ1) is 6.46. The summed E-state index contributed by atoms with van der Waals surface area (Å²) in [5, 5.41) is 7.66. The summed E-state index contributed by atoms with van der Waals surface area (Å²) in [6.45, 7) is 1.94. The Morgan fingerprint density at radius 1 is 1.43 bits per heavy atom. The Morgan fingerprint density at radius 2 is 1.93 bits per heavy atom. The van der Waals surface area contributed by atoms with E-state index < -0.39 is 9.84 Å². The van der Waals surface area contributed by atoms with Crippen LogP contribution in [0.25, 0.3) is 0 Å². The highest BCUT2D eigenvalue weighted by molar-refractivity contribution is 7.91. The Hall–Kier alpha value is -0.580. The van der Waals surface area contributed by atoms with Gasteiger partial charge in [0.2, 0.25) is 0 Å². The van der Waals surface area contributed by atoms with Gasteiger partial charge >= 0.3 is 0 Å². The molecule has 0 aromatic carbocycles. The predicted octanol–water partition coefficient (Wildman–Crippen LogP) is 0.883. The Balaban J connectivity index is 2.53. The van der Waals surface area contributed by atoms with E-state index in [1.54, 1.807) is 0 Å². The fraction of sp³-hybridized carbons (Fsp3) is 0.889. The van der Waals surface area contributed by atoms with E-state index in [9.17, 15) is 8.42 Å². The van der Waals surface area contributed by atoms with Crippen molar-refractivity contribution in [2.75, 3.05) is 18.6 Å². The third-order valence-corrected chi connectivity index (χ3v) is 4.55. The standard InChI is InChI=1S/C9H18N2O2S/c1-3-9(10)11(2)8-4-6-14(12,13)7-5-8/h8,10H,3-7H2,1-2H3. The summed E-state index contributed by atoms with van der Waals surface area (Å²) in [7, 11) is -0.895. The molecule has 0 aromatic heterocycles. The van der Waals surface area contributed by atoms with Gasteiger partial charge < -0.3 is 4.90 Å². The van der Waals surface area contributed by atoms with Crippen LogP contribution in [0.1, 0.15) is 26.2 Å². The molecule has 82 valence electrons. The Kier molecular flexibility index (Phi) is 3.53. The van der Waals surface area contributed by atoms with Gasteiger partial charge in [0.25, 0.3) is 0 Å². The van der Waals surface area contributed by atoms with E-state index in [1.807, 2.05) is 18.9 Å². The third kappa shape index (κ3) is 2.70. The van der Waals surface area contributed by atoms with Crippen LogP contribution in [0.5, 0.6) is 0 Å². The minimum atomic E-state index is -2.78. The Morgan fingerprint density at radius 3 is 2.36 bits per heavy atom. The quantitative estimate of drug-likeness (QED) is 0.553. The van der Waals surface area contributed by atoms with Crippen LogP contribution < -0.4 is 0 Å². The van der Waals surface area contributed by atoms with Crippen LogP contribution in [0.3, 0.4) is 0 Å². The van der Waals surface area contributed by atoms with E-state index in [2.05, 4.69) is 0 Å². The van der Waals surface area contributed by atoms with Crippen molar-refractivity contribution in [2.24, 2.45) is 0 Å². The lowest BCUT2D eigenvalue weighted by Gasteiger charge is -2.32. The first-order valence-electron chi connectivity index (χ1n) is 4.97. The maximum atomic E-state index is 11.2. The van der Waals surface area contributed by atoms with E-state index in [-0.39, 0.29) is 17.5 Å². The molecule has 0 spiro atoms. The number of amidine groups is 1. The smallest absolute Gasteiger partial charge is 0.150 e. The van der Waals surface area contributed by atoms with Crippen LogP contribution in [0.15, 0.2) is 0 Å². The molecule has 14 heavy (non-hydrogen) atoms. The summed E-state index contributed by atoms with van der Waals surface area (Å²) < 4.78 is 22.4. The average molecular weight is 218 g/mol. The fourth-order valence-electron chi connectivity index (χ4n) is 1.73. The minimum absolute atomic E-state index is 0.242. The highest BCUT2D eigenvalue weighted by atomic mass is 32.2. The monoisotopic (exact) mass is 218 g/mol. The molecule has 0 unspecified atom stereocenters. The zero-order valence-corrected chi connectivity index (χ0v) is 9.60. The van der Waals surface area contributed by atoms with E-state index in [0.29, 0.717) is 25.1 Å². The van der Waals surface area contributed by atoms with E-state index in [0.717, 1.165) is 0 Å². The number of sulfone groups is 1. The molecule has 0 atom stereocenters. The number of hydrogen-bond acceptors (Lipinski definition) is 3. The molecule has 0 aliphatic carbocycles. The van der Waals surface area contributed by atoms with Gasteiger partial charge in [-0.05, 0) is 12.8 Å². The number of hydrogen-bond donors (Lipinski definition) is 1. The van der Waals surface area contributed by atoms with Crippen molar-refractivity contribution in [3.8, 4) is 0 Å². The second-order valence-corrected chi connectivity index (χ2v) is 6.10. The van der Waals surface area contributed by atoms with Crippen molar-refractivity contribution in [1.82, 2.24) is 4.90 Å². The molecule has 5 heteroatoms. The van der Waals surface area contributed by atoms with Gasteiger partial charge in [-0.25, -0.2) is 8.42 Å². The molecule has 1 fully saturated rings. The van der Waals surface area contributed by atoms with Gasteiger partial charge in [-0.3, -0.25) is 5.41 Å². The van der Waals surface area contributed by atoms with Crippen molar-refractivity contribution in [1.29, 1.82) is 5.41 Å². The molecule has 1 rings (SSSR count).